The van der Waals surface area contributed by atoms with Gasteiger partial charge < -0.3 is 34.5 Å². The van der Waals surface area contributed by atoms with E-state index < -0.39 is 88.1 Å². The quantitative estimate of drug-likeness (QED) is 0.154. The van der Waals surface area contributed by atoms with E-state index in [1.807, 2.05) is 0 Å². The largest absolute Gasteiger partial charge is 0.472 e. The van der Waals surface area contributed by atoms with Gasteiger partial charge in [-0.25, -0.2) is 23.3 Å². The number of imidazole rings is 1. The van der Waals surface area contributed by atoms with Crippen LogP contribution in [0.2, 0.25) is 0 Å². The number of phosphoric acid groups is 1. The molecule has 2 bridgehead atoms. The topological polar surface area (TPSA) is 279 Å². The van der Waals surface area contributed by atoms with Crippen molar-refractivity contribution in [2.45, 2.75) is 49.2 Å². The lowest BCUT2D eigenvalue weighted by Crippen LogP contribution is -2.34. The summed E-state index contributed by atoms with van der Waals surface area (Å²) >= 11 is 5.10. The number of nitrogens with zero attached hydrogens (tertiary/aromatic N) is 7. The average Bonchev–Trinajstić information content (AvgIpc) is 3.72. The normalized spacial score (nSPS) is 37.7. The lowest BCUT2D eigenvalue weighted by molar-refractivity contribution is -0.0645. The Morgan fingerprint density at radius 3 is 2.53 bits per heavy atom. The van der Waals surface area contributed by atoms with E-state index in [0.717, 1.165) is 21.9 Å². The first-order valence-corrected chi connectivity index (χ1v) is 16.8. The minimum atomic E-state index is -5.19. The van der Waals surface area contributed by atoms with Crippen molar-refractivity contribution in [2.24, 2.45) is 0 Å². The van der Waals surface area contributed by atoms with E-state index in [4.69, 9.17) is 45.1 Å². The number of nitrogens with one attached hydrogen (secondary N) is 2. The van der Waals surface area contributed by atoms with Gasteiger partial charge >= 0.3 is 14.5 Å². The first-order valence-electron chi connectivity index (χ1n) is 12.7. The van der Waals surface area contributed by atoms with Gasteiger partial charge in [0.25, 0.3) is 11.1 Å². The number of aromatic amines is 2. The van der Waals surface area contributed by atoms with E-state index in [2.05, 4.69) is 35.2 Å². The van der Waals surface area contributed by atoms with Gasteiger partial charge in [-0.05, 0) is 11.8 Å². The van der Waals surface area contributed by atoms with Gasteiger partial charge in [-0.3, -0.25) is 32.7 Å². The monoisotopic (exact) mass is 696 g/mol. The molecule has 7 rings (SSSR count). The van der Waals surface area contributed by atoms with Crippen molar-refractivity contribution in [2.75, 3.05) is 18.9 Å². The first-order chi connectivity index (χ1) is 21.3. The van der Waals surface area contributed by atoms with Crippen LogP contribution in [0.25, 0.3) is 22.3 Å². The SMILES string of the molecule is Nc1nc2c(ncn2[C@@H]2O[C@@H]3COP(=O)(O)O[C@H]4[C@H](F)[C@H](n5nnc6c(=O)[nH]cnc65)O[C@@H]4COP(O)(=S)O[C@@H]2[C@@H]3F)c(=O)[nH]1. The van der Waals surface area contributed by atoms with Gasteiger partial charge in [0.2, 0.25) is 5.95 Å². The Hall–Kier alpha value is -3.15. The average molecular weight is 696 g/mol. The number of phosphoric ester groups is 1. The number of nitrogens with two attached hydrogens (primary N) is 1. The highest BCUT2D eigenvalue weighted by molar-refractivity contribution is 8.07. The number of halogens is 2. The Bertz CT molecular complexity index is 2010. The van der Waals surface area contributed by atoms with Gasteiger partial charge in [0.05, 0.1) is 25.9 Å². The summed E-state index contributed by atoms with van der Waals surface area (Å²) in [6.07, 6.45) is -12.5. The molecule has 3 saturated heterocycles. The highest BCUT2D eigenvalue weighted by Crippen LogP contribution is 2.54. The fraction of sp³-hybridized carbons (Fsp3) is 0.526. The van der Waals surface area contributed by atoms with Crippen LogP contribution in [-0.4, -0.2) is 104 Å². The number of nitrogen functional groups attached to an aromatic ring is 1. The lowest BCUT2D eigenvalue weighted by Gasteiger charge is -2.27. The van der Waals surface area contributed by atoms with Crippen molar-refractivity contribution in [3.8, 4) is 0 Å². The molecule has 26 heteroatoms. The summed E-state index contributed by atoms with van der Waals surface area (Å²) in [4.78, 5) is 62.1. The third-order valence-corrected chi connectivity index (χ3v) is 9.62. The number of fused-ring (bicyclic) bond motifs is 5. The lowest BCUT2D eigenvalue weighted by atomic mass is 10.1. The zero-order chi connectivity index (χ0) is 31.8. The van der Waals surface area contributed by atoms with Crippen molar-refractivity contribution in [1.29, 1.82) is 0 Å². The van der Waals surface area contributed by atoms with Crippen LogP contribution in [0.1, 0.15) is 12.5 Å². The van der Waals surface area contributed by atoms with Crippen LogP contribution in [0, 0.1) is 0 Å². The molecule has 0 spiro atoms. The predicted molar refractivity (Wildman–Crippen MR) is 144 cm³/mol. The molecule has 2 unspecified atom stereocenters. The maximum absolute atomic E-state index is 15.8. The van der Waals surface area contributed by atoms with Gasteiger partial charge in [-0.15, -0.1) is 5.10 Å². The van der Waals surface area contributed by atoms with Crippen LogP contribution in [0.4, 0.5) is 14.7 Å². The Morgan fingerprint density at radius 1 is 0.978 bits per heavy atom. The third kappa shape index (κ3) is 5.40. The van der Waals surface area contributed by atoms with Gasteiger partial charge in [-0.2, -0.15) is 9.67 Å². The summed E-state index contributed by atoms with van der Waals surface area (Å²) < 4.78 is 78.8. The van der Waals surface area contributed by atoms with Crippen molar-refractivity contribution >= 4 is 54.6 Å². The zero-order valence-electron chi connectivity index (χ0n) is 22.0. The Balaban J connectivity index is 1.21. The second-order valence-corrected chi connectivity index (χ2v) is 14.1. The molecular formula is C19H20F2N10O11P2S. The number of aromatic nitrogens is 9. The number of H-pyrrole nitrogens is 2. The van der Waals surface area contributed by atoms with Crippen molar-refractivity contribution in [3.05, 3.63) is 33.4 Å². The molecule has 21 nitrogen and oxygen atoms in total. The van der Waals surface area contributed by atoms with Crippen LogP contribution in [0.15, 0.2) is 22.2 Å². The van der Waals surface area contributed by atoms with Crippen LogP contribution < -0.4 is 16.9 Å². The minimum absolute atomic E-state index is 0.146. The fourth-order valence-electron chi connectivity index (χ4n) is 5.10. The van der Waals surface area contributed by atoms with Crippen LogP contribution in [0.5, 0.6) is 0 Å². The van der Waals surface area contributed by atoms with Gasteiger partial charge in [0.15, 0.2) is 47.1 Å². The van der Waals surface area contributed by atoms with Crippen molar-refractivity contribution in [3.63, 3.8) is 0 Å². The second kappa shape index (κ2) is 11.0. The first kappa shape index (κ1) is 30.5. The summed E-state index contributed by atoms with van der Waals surface area (Å²) in [5.41, 5.74) is 3.49. The van der Waals surface area contributed by atoms with E-state index in [1.165, 1.54) is 0 Å². The molecule has 242 valence electrons. The molecule has 0 aromatic carbocycles. The molecule has 4 aromatic heterocycles. The number of anilines is 1. The molecule has 0 aliphatic carbocycles. The number of ether oxygens (including phenoxy) is 2. The summed E-state index contributed by atoms with van der Waals surface area (Å²) in [5, 5.41) is 7.37. The van der Waals surface area contributed by atoms with Crippen LogP contribution in [0.3, 0.4) is 0 Å². The van der Waals surface area contributed by atoms with E-state index in [9.17, 15) is 23.9 Å². The summed E-state index contributed by atoms with van der Waals surface area (Å²) in [7, 11) is -5.19. The summed E-state index contributed by atoms with van der Waals surface area (Å²) in [6, 6.07) is 0. The predicted octanol–water partition coefficient (Wildman–Crippen LogP) is -1.16. The summed E-state index contributed by atoms with van der Waals surface area (Å²) in [6.45, 7) is -6.19. The molecule has 0 saturated carbocycles. The van der Waals surface area contributed by atoms with Crippen molar-refractivity contribution < 1.29 is 50.7 Å². The van der Waals surface area contributed by atoms with E-state index in [-0.39, 0.29) is 28.3 Å². The zero-order valence-corrected chi connectivity index (χ0v) is 24.6. The molecule has 7 heterocycles. The van der Waals surface area contributed by atoms with Crippen molar-refractivity contribution in [1.82, 2.24) is 44.5 Å². The molecular weight excluding hydrogens is 676 g/mol. The third-order valence-electron chi connectivity index (χ3n) is 7.08. The minimum Gasteiger partial charge on any atom is -0.369 e. The van der Waals surface area contributed by atoms with Gasteiger partial charge in [0.1, 0.15) is 24.4 Å². The molecule has 45 heavy (non-hydrogen) atoms. The highest BCUT2D eigenvalue weighted by atomic mass is 32.5. The van der Waals surface area contributed by atoms with E-state index in [1.54, 1.807) is 0 Å². The molecule has 10 atom stereocenters. The smallest absolute Gasteiger partial charge is 0.369 e. The maximum atomic E-state index is 15.8. The second-order valence-electron chi connectivity index (χ2n) is 9.90. The van der Waals surface area contributed by atoms with Crippen LogP contribution in [-0.2, 0) is 43.9 Å². The highest BCUT2D eigenvalue weighted by Gasteiger charge is 2.54. The molecule has 3 aliphatic rings. The molecule has 4 aromatic rings. The summed E-state index contributed by atoms with van der Waals surface area (Å²) in [5.74, 6) is -0.297. The fourth-order valence-corrected chi connectivity index (χ4v) is 7.46. The van der Waals surface area contributed by atoms with Crippen LogP contribution >= 0.6 is 14.5 Å². The van der Waals surface area contributed by atoms with E-state index in [0.29, 0.717) is 0 Å². The molecule has 0 radical (unpaired) electrons. The molecule has 6 N–H and O–H groups in total. The number of rotatable bonds is 2. The molecule has 3 aliphatic heterocycles. The van der Waals surface area contributed by atoms with E-state index >= 15 is 8.78 Å². The number of hydrogen-bond donors (Lipinski definition) is 5. The van der Waals surface area contributed by atoms with Gasteiger partial charge in [-0.1, -0.05) is 5.21 Å². The molecule has 0 amide bonds. The standard InChI is InChI=1S/C19H20F2N10O11P2S/c20-7-5-1-37-43(34,35)41-11-6(40-17(8(11)21)31-13-10(28-29-31)15(32)24-3-23-13)2-38-44(36,45)42-12(7)18(39-5)30-4-25-9-14(30)26-19(22)27-16(9)33/h3-8,11-12,17-18H,1-2H2,(H,34,35)(H,36,45)(H,23,24,32)(H3,22,26,27,33)/t5-,6-,7-,8+,11-,12-,17-,18-,44?/m1/s1. The number of hydrogen-bond acceptors (Lipinski definition) is 16. The Kier molecular flexibility index (Phi) is 7.44. The maximum Gasteiger partial charge on any atom is 0.472 e. The Labute approximate surface area is 251 Å². The molecule has 3 fully saturated rings. The number of alkyl halides is 2. The van der Waals surface area contributed by atoms with Gasteiger partial charge in [0, 0.05) is 0 Å². The Morgan fingerprint density at radius 2 is 1.73 bits per heavy atom.